The Morgan fingerprint density at radius 3 is 2.10 bits per heavy atom. The monoisotopic (exact) mass is 1080 g/mol. The molecular formula is C54H77N15O9. The summed E-state index contributed by atoms with van der Waals surface area (Å²) in [6.07, 6.45) is 6.04. The van der Waals surface area contributed by atoms with E-state index < -0.39 is 102 Å². The second-order valence-electron chi connectivity index (χ2n) is 19.8. The Labute approximate surface area is 454 Å². The number of fused-ring (bicyclic) bond motifs is 1. The third-order valence-corrected chi connectivity index (χ3v) is 14.1. The topological polar surface area (TPSA) is 350 Å². The van der Waals surface area contributed by atoms with Crippen molar-refractivity contribution < 1.29 is 43.2 Å². The molecule has 422 valence electrons. The minimum absolute atomic E-state index is 0.0187. The van der Waals surface area contributed by atoms with Crippen molar-refractivity contribution in [3.63, 3.8) is 0 Å². The molecule has 5 rings (SSSR count). The van der Waals surface area contributed by atoms with Gasteiger partial charge in [0.15, 0.2) is 5.96 Å². The average molecular weight is 1080 g/mol. The summed E-state index contributed by atoms with van der Waals surface area (Å²) in [7, 11) is 5.60. The first kappa shape index (κ1) is 60.6. The van der Waals surface area contributed by atoms with Crippen LogP contribution in [0.1, 0.15) is 88.5 Å². The molecule has 24 heteroatoms. The molecule has 1 fully saturated rings. The number of amides is 9. The predicted molar refractivity (Wildman–Crippen MR) is 292 cm³/mol. The highest BCUT2D eigenvalue weighted by Crippen LogP contribution is 2.23. The smallest absolute Gasteiger partial charge is 0.246 e. The summed E-state index contributed by atoms with van der Waals surface area (Å²) in [5, 5.41) is 11.8. The van der Waals surface area contributed by atoms with Crippen molar-refractivity contribution in [3.8, 4) is 0 Å². The van der Waals surface area contributed by atoms with Gasteiger partial charge in [-0.1, -0.05) is 68.3 Å². The Balaban J connectivity index is 1.65. The molecule has 12 N–H and O–H groups in total. The normalized spacial score (nSPS) is 21.4. The Bertz CT molecular complexity index is 2730. The van der Waals surface area contributed by atoms with Gasteiger partial charge in [0, 0.05) is 96.5 Å². The number of carbonyl (C=O) groups is 9. The van der Waals surface area contributed by atoms with E-state index in [9.17, 15) is 28.8 Å². The summed E-state index contributed by atoms with van der Waals surface area (Å²) >= 11 is 0. The van der Waals surface area contributed by atoms with E-state index >= 15 is 14.4 Å². The van der Waals surface area contributed by atoms with Crippen LogP contribution in [-0.2, 0) is 62.4 Å². The molecule has 0 spiro atoms. The maximum absolute atomic E-state index is 15.4. The van der Waals surface area contributed by atoms with Crippen LogP contribution in [0.4, 0.5) is 0 Å². The van der Waals surface area contributed by atoms with E-state index in [1.807, 2.05) is 31.2 Å². The van der Waals surface area contributed by atoms with Crippen LogP contribution < -0.4 is 38.5 Å². The summed E-state index contributed by atoms with van der Waals surface area (Å²) in [5.41, 5.74) is 19.8. The number of para-hydroxylation sites is 1. The Hall–Kier alpha value is -8.31. The zero-order chi connectivity index (χ0) is 57.1. The summed E-state index contributed by atoms with van der Waals surface area (Å²) in [5.74, 6) is -6.47. The second-order valence-corrected chi connectivity index (χ2v) is 19.8. The van der Waals surface area contributed by atoms with Gasteiger partial charge >= 0.3 is 0 Å². The fourth-order valence-corrected chi connectivity index (χ4v) is 9.65. The molecule has 0 radical (unpaired) electrons. The zero-order valence-electron chi connectivity index (χ0n) is 45.5. The number of aromatic amines is 2. The number of nitrogens with one attached hydrogen (secondary N) is 6. The van der Waals surface area contributed by atoms with Crippen molar-refractivity contribution in [2.24, 2.45) is 22.2 Å². The maximum atomic E-state index is 15.4. The number of H-pyrrole nitrogens is 2. The zero-order valence-corrected chi connectivity index (χ0v) is 45.5. The van der Waals surface area contributed by atoms with Gasteiger partial charge in [0.1, 0.15) is 42.3 Å². The number of nitrogens with zero attached hydrogens (tertiary/aromatic N) is 6. The predicted octanol–water partition coefficient (Wildman–Crippen LogP) is 0.120. The Morgan fingerprint density at radius 2 is 1.45 bits per heavy atom. The number of hydrogen-bond donors (Lipinski definition) is 9. The van der Waals surface area contributed by atoms with E-state index in [4.69, 9.17) is 17.2 Å². The van der Waals surface area contributed by atoms with Gasteiger partial charge in [-0.3, -0.25) is 48.1 Å². The van der Waals surface area contributed by atoms with Gasteiger partial charge in [-0.15, -0.1) is 0 Å². The van der Waals surface area contributed by atoms with E-state index in [1.165, 1.54) is 62.3 Å². The van der Waals surface area contributed by atoms with Crippen LogP contribution in [-0.4, -0.2) is 177 Å². The van der Waals surface area contributed by atoms with Crippen molar-refractivity contribution in [1.29, 1.82) is 0 Å². The van der Waals surface area contributed by atoms with E-state index in [1.54, 1.807) is 36.5 Å². The third-order valence-electron chi connectivity index (χ3n) is 14.1. The van der Waals surface area contributed by atoms with Crippen LogP contribution in [0.5, 0.6) is 0 Å². The van der Waals surface area contributed by atoms with Crippen LogP contribution in [0, 0.1) is 0 Å². The van der Waals surface area contributed by atoms with Gasteiger partial charge in [-0.2, -0.15) is 0 Å². The molecular weight excluding hydrogens is 1000 g/mol. The van der Waals surface area contributed by atoms with Gasteiger partial charge in [0.2, 0.25) is 53.2 Å². The fourth-order valence-electron chi connectivity index (χ4n) is 9.65. The number of imidazole rings is 1. The summed E-state index contributed by atoms with van der Waals surface area (Å²) in [6, 6.07) is 7.19. The number of aliphatic imine (C=N–C) groups is 1. The van der Waals surface area contributed by atoms with E-state index in [-0.39, 0.29) is 70.4 Å². The van der Waals surface area contributed by atoms with Crippen LogP contribution in [0.25, 0.3) is 10.9 Å². The minimum Gasteiger partial charge on any atom is -0.370 e. The lowest BCUT2D eigenvalue weighted by molar-refractivity contribution is -0.152. The highest BCUT2D eigenvalue weighted by atomic mass is 16.2. The second kappa shape index (κ2) is 29.3. The molecule has 3 heterocycles. The minimum atomic E-state index is -1.56. The van der Waals surface area contributed by atoms with E-state index in [0.717, 1.165) is 15.8 Å². The first-order valence-corrected chi connectivity index (χ1v) is 26.3. The van der Waals surface area contributed by atoms with Gasteiger partial charge in [-0.25, -0.2) is 4.98 Å². The Kier molecular flexibility index (Phi) is 22.7. The van der Waals surface area contributed by atoms with Gasteiger partial charge in [0.25, 0.3) is 0 Å². The van der Waals surface area contributed by atoms with Gasteiger partial charge < -0.3 is 68.0 Å². The van der Waals surface area contributed by atoms with Crippen LogP contribution in [0.15, 0.2) is 78.3 Å². The molecule has 1 saturated heterocycles. The fraction of sp³-hybridized carbons (Fsp3) is 0.500. The van der Waals surface area contributed by atoms with Crippen LogP contribution in [0.2, 0.25) is 0 Å². The summed E-state index contributed by atoms with van der Waals surface area (Å²) in [4.78, 5) is 148. The highest BCUT2D eigenvalue weighted by molar-refractivity contribution is 5.99. The first-order chi connectivity index (χ1) is 37.2. The molecule has 1 aliphatic heterocycles. The lowest BCUT2D eigenvalue weighted by atomic mass is 9.99. The third kappa shape index (κ3) is 16.8. The van der Waals surface area contributed by atoms with Crippen molar-refractivity contribution in [2.45, 2.75) is 133 Å². The largest absolute Gasteiger partial charge is 0.370 e. The van der Waals surface area contributed by atoms with E-state index in [2.05, 4.69) is 41.2 Å². The highest BCUT2D eigenvalue weighted by Gasteiger charge is 2.42. The lowest BCUT2D eigenvalue weighted by Crippen LogP contribution is -2.61. The SMILES string of the molecule is CCCC[C@H](NC(C)=O)C(=O)N[C@H]1CC(=O)NCCCC[C@@H](C(N)=O)N(C)C(=O)[C@H](Cc2c[nH]c3ccccc23)NC(=O)[C@H](CCCN=C(N)N)N(C)C(=O)[C@@H](Cc2ccccc2)N(C)C(=O)[C@H](Cc2cnc[nH]2)N(C)C1=O. The van der Waals surface area contributed by atoms with E-state index in [0.29, 0.717) is 36.1 Å². The number of primary amides is 1. The number of nitrogens with two attached hydrogens (primary N) is 3. The summed E-state index contributed by atoms with van der Waals surface area (Å²) in [6.45, 7) is 3.30. The summed E-state index contributed by atoms with van der Waals surface area (Å²) < 4.78 is 0. The molecule has 0 aliphatic carbocycles. The van der Waals surface area contributed by atoms with Gasteiger partial charge in [0.05, 0.1) is 12.7 Å². The lowest BCUT2D eigenvalue weighted by Gasteiger charge is -2.38. The van der Waals surface area contributed by atoms with Crippen molar-refractivity contribution in [2.75, 3.05) is 41.3 Å². The molecule has 0 bridgehead atoms. The maximum Gasteiger partial charge on any atom is 0.246 e. The number of guanidine groups is 1. The van der Waals surface area contributed by atoms with Crippen molar-refractivity contribution >= 4 is 70.0 Å². The number of rotatable bonds is 17. The molecule has 4 aromatic rings. The van der Waals surface area contributed by atoms with Crippen LogP contribution in [0.3, 0.4) is 0 Å². The molecule has 7 atom stereocenters. The van der Waals surface area contributed by atoms with Gasteiger partial charge in [-0.05, 0) is 55.7 Å². The molecule has 78 heavy (non-hydrogen) atoms. The standard InChI is InChI=1S/C54H77N15O9/c1-7-8-20-39(63-33(2)70)48(73)64-41-29-46(71)59-24-15-14-22-42(47(55)72)66(3)50(75)40(27-35-30-61-38-21-13-12-19-37(35)38)65-49(74)43(23-16-25-60-54(56)57)67(4)52(77)44(26-34-17-10-9-11-18-34)69(6)53(78)45(68(5)51(41)76)28-36-31-58-32-62-36/h9-13,17-19,21,30-32,39-45,61H,7-8,14-16,20,22-29H2,1-6H3,(H2,55,72)(H,58,62)(H,59,71)(H,63,70)(H,64,73)(H,65,74)(H4,56,57,60)/t39-,40-,41-,42-,43-,44+,45-/m0/s1. The van der Waals surface area contributed by atoms with Crippen molar-refractivity contribution in [3.05, 3.63) is 90.1 Å². The number of benzene rings is 2. The molecule has 1 aliphatic rings. The number of hydrogen-bond acceptors (Lipinski definition) is 11. The molecule has 0 saturated carbocycles. The quantitative estimate of drug-likeness (QED) is 0.0387. The number of aromatic nitrogens is 3. The molecule has 9 amide bonds. The number of carbonyl (C=O) groups excluding carboxylic acids is 9. The number of unbranched alkanes of at least 4 members (excludes halogenated alkanes) is 1. The Morgan fingerprint density at radius 1 is 0.782 bits per heavy atom. The molecule has 0 unspecified atom stereocenters. The number of likely N-dealkylation sites (N-methyl/N-ethyl adjacent to an activating group) is 4. The van der Waals surface area contributed by atoms with Crippen LogP contribution >= 0.6 is 0 Å². The molecule has 2 aromatic heterocycles. The van der Waals surface area contributed by atoms with Crippen molar-refractivity contribution in [1.82, 2.24) is 55.8 Å². The molecule has 24 nitrogen and oxygen atoms in total. The average Bonchev–Trinajstić information content (AvgIpc) is 4.09. The first-order valence-electron chi connectivity index (χ1n) is 26.3. The molecule has 2 aromatic carbocycles.